The Morgan fingerprint density at radius 1 is 1.06 bits per heavy atom. The molecule has 0 bridgehead atoms. The lowest BCUT2D eigenvalue weighted by Crippen LogP contribution is -2.49. The van der Waals surface area contributed by atoms with E-state index in [2.05, 4.69) is 0 Å². The van der Waals surface area contributed by atoms with E-state index < -0.39 is 34.9 Å². The Labute approximate surface area is 208 Å². The number of halogens is 5. The number of benzene rings is 2. The van der Waals surface area contributed by atoms with Gasteiger partial charge >= 0.3 is 12.1 Å². The van der Waals surface area contributed by atoms with Crippen LogP contribution in [0, 0.1) is 6.92 Å². The molecule has 2 aromatic carbocycles. The van der Waals surface area contributed by atoms with E-state index in [1.807, 2.05) is 0 Å². The van der Waals surface area contributed by atoms with Crippen LogP contribution >= 0.6 is 23.2 Å². The minimum absolute atomic E-state index is 0.00482. The number of hydrogen-bond acceptors (Lipinski definition) is 4. The van der Waals surface area contributed by atoms with Gasteiger partial charge in [0.2, 0.25) is 5.60 Å². The van der Waals surface area contributed by atoms with Gasteiger partial charge in [-0.2, -0.15) is 13.2 Å². The van der Waals surface area contributed by atoms with Gasteiger partial charge in [-0.25, -0.2) is 4.79 Å². The maximum Gasteiger partial charge on any atom is 0.423 e. The molecule has 0 unspecified atom stereocenters. The zero-order valence-corrected chi connectivity index (χ0v) is 20.2. The lowest BCUT2D eigenvalue weighted by Gasteiger charge is -2.37. The Kier molecular flexibility index (Phi) is 7.26. The Bertz CT molecular complexity index is 1360. The fourth-order valence-corrected chi connectivity index (χ4v) is 4.30. The smallest absolute Gasteiger partial charge is 0.423 e. The van der Waals surface area contributed by atoms with Crippen molar-refractivity contribution in [3.8, 4) is 11.5 Å². The van der Waals surface area contributed by atoms with Gasteiger partial charge in [-0.05, 0) is 48.9 Å². The summed E-state index contributed by atoms with van der Waals surface area (Å²) in [4.78, 5) is 23.3. The second-order valence-corrected chi connectivity index (χ2v) is 8.80. The standard InChI is InChI=1S/C24H20Cl2F3NO5/c1-12-4-9-20(30(3)21(12)31)23(34,24(27,28)29)13(2)16-7-6-15(11-17(16)25)35-19-8-5-14(22(32)33)10-18(19)26/h4-11,13,34H,1-3H3,(H,32,33)/t13-,23-/m0/s1. The Balaban J connectivity index is 2.02. The van der Waals surface area contributed by atoms with Crippen LogP contribution in [0.15, 0.2) is 53.3 Å². The zero-order chi connectivity index (χ0) is 26.3. The molecule has 0 spiro atoms. The van der Waals surface area contributed by atoms with Crippen LogP contribution in [0.25, 0.3) is 0 Å². The number of aromatic carboxylic acids is 1. The second kappa shape index (κ2) is 9.56. The monoisotopic (exact) mass is 529 g/mol. The number of carboxylic acids is 1. The van der Waals surface area contributed by atoms with E-state index in [4.69, 9.17) is 33.0 Å². The van der Waals surface area contributed by atoms with Crippen LogP contribution in [-0.4, -0.2) is 26.9 Å². The summed E-state index contributed by atoms with van der Waals surface area (Å²) >= 11 is 12.4. The van der Waals surface area contributed by atoms with Crippen LogP contribution in [0.4, 0.5) is 13.2 Å². The molecular formula is C24H20Cl2F3NO5. The highest BCUT2D eigenvalue weighted by Gasteiger charge is 2.60. The van der Waals surface area contributed by atoms with Crippen molar-refractivity contribution in [1.29, 1.82) is 0 Å². The largest absolute Gasteiger partial charge is 0.478 e. The summed E-state index contributed by atoms with van der Waals surface area (Å²) in [6, 6.07) is 9.93. The number of carbonyl (C=O) groups is 1. The normalized spacial score (nSPS) is 14.3. The first-order chi connectivity index (χ1) is 16.2. The number of pyridine rings is 1. The predicted molar refractivity (Wildman–Crippen MR) is 125 cm³/mol. The lowest BCUT2D eigenvalue weighted by molar-refractivity contribution is -0.277. The average molecular weight is 530 g/mol. The van der Waals surface area contributed by atoms with Crippen LogP contribution < -0.4 is 10.3 Å². The summed E-state index contributed by atoms with van der Waals surface area (Å²) in [5.74, 6) is -2.57. The first-order valence-corrected chi connectivity index (χ1v) is 10.9. The van der Waals surface area contributed by atoms with Crippen molar-refractivity contribution < 1.29 is 32.9 Å². The Morgan fingerprint density at radius 3 is 2.26 bits per heavy atom. The van der Waals surface area contributed by atoms with Gasteiger partial charge < -0.3 is 19.5 Å². The van der Waals surface area contributed by atoms with E-state index in [0.29, 0.717) is 0 Å². The number of hydrogen-bond donors (Lipinski definition) is 2. The summed E-state index contributed by atoms with van der Waals surface area (Å²) < 4.78 is 49.2. The quantitative estimate of drug-likeness (QED) is 0.406. The number of ether oxygens (including phenoxy) is 1. The van der Waals surface area contributed by atoms with E-state index in [1.165, 1.54) is 49.4 Å². The third kappa shape index (κ3) is 4.89. The Morgan fingerprint density at radius 2 is 1.71 bits per heavy atom. The molecule has 0 saturated heterocycles. The SMILES string of the molecule is Cc1ccc([C@@](O)([C@@H](C)c2ccc(Oc3ccc(C(=O)O)cc3Cl)cc2Cl)C(F)(F)F)n(C)c1=O. The molecule has 0 amide bonds. The molecule has 11 heteroatoms. The fraction of sp³-hybridized carbons (Fsp3) is 0.250. The van der Waals surface area contributed by atoms with Crippen LogP contribution in [0.3, 0.4) is 0 Å². The van der Waals surface area contributed by atoms with E-state index in [9.17, 15) is 27.9 Å². The number of aromatic nitrogens is 1. The first-order valence-electron chi connectivity index (χ1n) is 10.1. The molecule has 1 aromatic heterocycles. The van der Waals surface area contributed by atoms with Crippen molar-refractivity contribution in [2.45, 2.75) is 31.5 Å². The zero-order valence-electron chi connectivity index (χ0n) is 18.7. The lowest BCUT2D eigenvalue weighted by atomic mass is 9.79. The number of alkyl halides is 3. The molecule has 1 heterocycles. The van der Waals surface area contributed by atoms with E-state index in [0.717, 1.165) is 24.6 Å². The van der Waals surface area contributed by atoms with Crippen LogP contribution in [-0.2, 0) is 12.6 Å². The number of aliphatic hydroxyl groups is 1. The maximum atomic E-state index is 14.3. The van der Waals surface area contributed by atoms with Gasteiger partial charge in [-0.3, -0.25) is 4.79 Å². The van der Waals surface area contributed by atoms with Gasteiger partial charge in [0.05, 0.1) is 16.3 Å². The minimum Gasteiger partial charge on any atom is -0.478 e. The molecule has 35 heavy (non-hydrogen) atoms. The van der Waals surface area contributed by atoms with E-state index >= 15 is 0 Å². The van der Waals surface area contributed by atoms with E-state index in [1.54, 1.807) is 0 Å². The number of carboxylic acid groups (broad SMARTS) is 1. The first kappa shape index (κ1) is 26.6. The molecule has 0 aliphatic rings. The van der Waals surface area contributed by atoms with Crippen molar-refractivity contribution in [3.63, 3.8) is 0 Å². The molecule has 0 radical (unpaired) electrons. The van der Waals surface area contributed by atoms with E-state index in [-0.39, 0.29) is 38.2 Å². The average Bonchev–Trinajstić information content (AvgIpc) is 2.77. The highest BCUT2D eigenvalue weighted by atomic mass is 35.5. The third-order valence-corrected chi connectivity index (χ3v) is 6.41. The molecule has 186 valence electrons. The highest BCUT2D eigenvalue weighted by Crippen LogP contribution is 2.49. The predicted octanol–water partition coefficient (Wildman–Crippen LogP) is 6.04. The molecule has 0 aliphatic heterocycles. The van der Waals surface area contributed by atoms with Crippen LogP contribution in [0.5, 0.6) is 11.5 Å². The molecule has 0 saturated carbocycles. The molecule has 3 aromatic rings. The molecule has 2 N–H and O–H groups in total. The summed E-state index contributed by atoms with van der Waals surface area (Å²) in [5, 5.41) is 19.9. The van der Waals surface area contributed by atoms with Crippen molar-refractivity contribution in [2.24, 2.45) is 7.05 Å². The fourth-order valence-electron chi connectivity index (χ4n) is 3.75. The number of aryl methyl sites for hydroxylation is 1. The van der Waals surface area contributed by atoms with Crippen molar-refractivity contribution in [1.82, 2.24) is 4.57 Å². The second-order valence-electron chi connectivity index (χ2n) is 7.99. The third-order valence-electron chi connectivity index (χ3n) is 5.79. The number of rotatable bonds is 6. The van der Waals surface area contributed by atoms with Crippen molar-refractivity contribution >= 4 is 29.2 Å². The molecule has 2 atom stereocenters. The molecule has 0 aliphatic carbocycles. The van der Waals surface area contributed by atoms with Crippen LogP contribution in [0.1, 0.15) is 40.0 Å². The summed E-state index contributed by atoms with van der Waals surface area (Å²) in [6.07, 6.45) is -5.15. The van der Waals surface area contributed by atoms with Gasteiger partial charge in [-0.1, -0.05) is 42.3 Å². The molecule has 0 fully saturated rings. The van der Waals surface area contributed by atoms with Gasteiger partial charge in [0, 0.05) is 23.6 Å². The van der Waals surface area contributed by atoms with Crippen molar-refractivity contribution in [2.75, 3.05) is 0 Å². The number of nitrogens with zero attached hydrogens (tertiary/aromatic N) is 1. The molecule has 3 rings (SSSR count). The highest BCUT2D eigenvalue weighted by molar-refractivity contribution is 6.32. The summed E-state index contributed by atoms with van der Waals surface area (Å²) in [6.45, 7) is 2.61. The van der Waals surface area contributed by atoms with Crippen LogP contribution in [0.2, 0.25) is 10.0 Å². The van der Waals surface area contributed by atoms with Crippen molar-refractivity contribution in [3.05, 3.63) is 91.3 Å². The topological polar surface area (TPSA) is 88.8 Å². The van der Waals surface area contributed by atoms with Gasteiger partial charge in [0.15, 0.2) is 0 Å². The summed E-state index contributed by atoms with van der Waals surface area (Å²) in [7, 11) is 1.16. The molecular weight excluding hydrogens is 510 g/mol. The molecule has 6 nitrogen and oxygen atoms in total. The summed E-state index contributed by atoms with van der Waals surface area (Å²) in [5.41, 5.74) is -4.60. The maximum absolute atomic E-state index is 14.3. The van der Waals surface area contributed by atoms with Gasteiger partial charge in [0.25, 0.3) is 5.56 Å². The Hall–Kier alpha value is -3.01. The van der Waals surface area contributed by atoms with Gasteiger partial charge in [0.1, 0.15) is 11.5 Å². The minimum atomic E-state index is -5.15. The van der Waals surface area contributed by atoms with Gasteiger partial charge in [-0.15, -0.1) is 0 Å².